The molecule has 6 nitrogen and oxygen atoms in total. The van der Waals surface area contributed by atoms with Gasteiger partial charge in [0.25, 0.3) is 0 Å². The van der Waals surface area contributed by atoms with E-state index in [2.05, 4.69) is 77.4 Å². The molecule has 51 heavy (non-hydrogen) atoms. The summed E-state index contributed by atoms with van der Waals surface area (Å²) in [6.07, 6.45) is 0. The van der Waals surface area contributed by atoms with Crippen molar-refractivity contribution >= 4 is 65.7 Å². The minimum Gasteiger partial charge on any atom is -0.455 e. The second-order valence-electron chi connectivity index (χ2n) is 12.8. The van der Waals surface area contributed by atoms with Gasteiger partial charge in [-0.2, -0.15) is 0 Å². The van der Waals surface area contributed by atoms with Crippen LogP contribution in [0.4, 0.5) is 0 Å². The number of para-hydroxylation sites is 2. The van der Waals surface area contributed by atoms with E-state index in [0.29, 0.717) is 17.5 Å². The Morgan fingerprint density at radius 1 is 0.373 bits per heavy atom. The van der Waals surface area contributed by atoms with Crippen molar-refractivity contribution in [3.8, 4) is 39.9 Å². The van der Waals surface area contributed by atoms with Crippen molar-refractivity contribution in [1.29, 1.82) is 0 Å². The molecule has 0 atom stereocenters. The molecule has 0 saturated carbocycles. The summed E-state index contributed by atoms with van der Waals surface area (Å²) in [6.45, 7) is 0. The largest absolute Gasteiger partial charge is 0.455 e. The molecule has 4 heterocycles. The SMILES string of the molecule is c1ccc(-c2nc(-c3ccccc3)nc(-c3cccc(-n4c5ccc6c7ccccc7oc6c5c5c6oc7ccccc7c6ccc54)c3)n2)cc1. The van der Waals surface area contributed by atoms with E-state index >= 15 is 0 Å². The van der Waals surface area contributed by atoms with Gasteiger partial charge in [0.2, 0.25) is 0 Å². The van der Waals surface area contributed by atoms with E-state index in [1.807, 2.05) is 84.9 Å². The first-order valence-electron chi connectivity index (χ1n) is 16.9. The number of rotatable bonds is 4. The molecule has 0 bridgehead atoms. The van der Waals surface area contributed by atoms with Gasteiger partial charge in [-0.3, -0.25) is 0 Å². The number of hydrogen-bond donors (Lipinski definition) is 0. The molecule has 11 aromatic rings. The fraction of sp³-hybridized carbons (Fsp3) is 0. The van der Waals surface area contributed by atoms with Crippen molar-refractivity contribution in [3.05, 3.63) is 158 Å². The molecule has 11 rings (SSSR count). The Labute approximate surface area is 290 Å². The highest BCUT2D eigenvalue weighted by atomic mass is 16.3. The van der Waals surface area contributed by atoms with Crippen LogP contribution in [0.25, 0.3) is 106 Å². The third-order valence-electron chi connectivity index (χ3n) is 9.84. The summed E-state index contributed by atoms with van der Waals surface area (Å²) in [5.41, 5.74) is 9.17. The maximum atomic E-state index is 6.67. The normalized spacial score (nSPS) is 11.9. The summed E-state index contributed by atoms with van der Waals surface area (Å²) in [5.74, 6) is 1.85. The molecule has 7 aromatic carbocycles. The molecule has 0 N–H and O–H groups in total. The lowest BCUT2D eigenvalue weighted by molar-refractivity contribution is 0.670. The van der Waals surface area contributed by atoms with E-state index in [9.17, 15) is 0 Å². The highest BCUT2D eigenvalue weighted by Gasteiger charge is 2.23. The molecular formula is C45H26N4O2. The van der Waals surface area contributed by atoms with Gasteiger partial charge in [0.05, 0.1) is 21.8 Å². The van der Waals surface area contributed by atoms with E-state index in [-0.39, 0.29) is 0 Å². The lowest BCUT2D eigenvalue weighted by Gasteiger charge is -2.11. The molecule has 0 aliphatic heterocycles. The first-order valence-corrected chi connectivity index (χ1v) is 16.9. The topological polar surface area (TPSA) is 69.9 Å². The predicted molar refractivity (Wildman–Crippen MR) is 205 cm³/mol. The monoisotopic (exact) mass is 654 g/mol. The fourth-order valence-electron chi connectivity index (χ4n) is 7.54. The number of fused-ring (bicyclic) bond motifs is 11. The molecule has 4 aromatic heterocycles. The average Bonchev–Trinajstić information content (AvgIpc) is 3.88. The number of aromatic nitrogens is 4. The number of furan rings is 2. The zero-order chi connectivity index (χ0) is 33.5. The van der Waals surface area contributed by atoms with E-state index < -0.39 is 0 Å². The third-order valence-corrected chi connectivity index (χ3v) is 9.84. The second-order valence-corrected chi connectivity index (χ2v) is 12.8. The van der Waals surface area contributed by atoms with Crippen LogP contribution in [0.5, 0.6) is 0 Å². The number of benzene rings is 7. The van der Waals surface area contributed by atoms with Crippen LogP contribution in [0.1, 0.15) is 0 Å². The van der Waals surface area contributed by atoms with Gasteiger partial charge in [0.1, 0.15) is 22.3 Å². The van der Waals surface area contributed by atoms with Crippen LogP contribution in [-0.4, -0.2) is 19.5 Å². The van der Waals surface area contributed by atoms with E-state index in [1.165, 1.54) is 0 Å². The molecule has 238 valence electrons. The van der Waals surface area contributed by atoms with Crippen LogP contribution in [-0.2, 0) is 0 Å². The van der Waals surface area contributed by atoms with Gasteiger partial charge in [-0.15, -0.1) is 0 Å². The summed E-state index contributed by atoms with van der Waals surface area (Å²) >= 11 is 0. The lowest BCUT2D eigenvalue weighted by atomic mass is 10.1. The van der Waals surface area contributed by atoms with Crippen LogP contribution >= 0.6 is 0 Å². The van der Waals surface area contributed by atoms with Gasteiger partial charge in [-0.05, 0) is 48.5 Å². The predicted octanol–water partition coefficient (Wildman–Crippen LogP) is 11.8. The smallest absolute Gasteiger partial charge is 0.164 e. The third kappa shape index (κ3) is 4.20. The summed E-state index contributed by atoms with van der Waals surface area (Å²) in [4.78, 5) is 14.9. The minimum atomic E-state index is 0.602. The minimum absolute atomic E-state index is 0.602. The maximum absolute atomic E-state index is 6.67. The second kappa shape index (κ2) is 10.7. The fourth-order valence-corrected chi connectivity index (χ4v) is 7.54. The maximum Gasteiger partial charge on any atom is 0.164 e. The Kier molecular flexibility index (Phi) is 5.86. The highest BCUT2D eigenvalue weighted by molar-refractivity contribution is 6.30. The van der Waals surface area contributed by atoms with Crippen LogP contribution in [0, 0.1) is 0 Å². The molecule has 0 spiro atoms. The van der Waals surface area contributed by atoms with Gasteiger partial charge in [0, 0.05) is 43.9 Å². The van der Waals surface area contributed by atoms with Gasteiger partial charge >= 0.3 is 0 Å². The van der Waals surface area contributed by atoms with E-state index in [0.717, 1.165) is 88.1 Å². The first-order chi connectivity index (χ1) is 25.3. The van der Waals surface area contributed by atoms with Crippen molar-refractivity contribution in [2.24, 2.45) is 0 Å². The van der Waals surface area contributed by atoms with Crippen LogP contribution in [0.15, 0.2) is 167 Å². The summed E-state index contributed by atoms with van der Waals surface area (Å²) in [5, 5.41) is 6.37. The quantitative estimate of drug-likeness (QED) is 0.189. The summed E-state index contributed by atoms with van der Waals surface area (Å²) < 4.78 is 15.6. The zero-order valence-electron chi connectivity index (χ0n) is 27.1. The Bertz CT molecular complexity index is 2950. The van der Waals surface area contributed by atoms with Crippen molar-refractivity contribution in [2.75, 3.05) is 0 Å². The molecule has 6 heteroatoms. The Morgan fingerprint density at radius 3 is 1.35 bits per heavy atom. The van der Waals surface area contributed by atoms with Crippen LogP contribution in [0.2, 0.25) is 0 Å². The zero-order valence-corrected chi connectivity index (χ0v) is 27.1. The molecule has 0 aliphatic rings. The highest BCUT2D eigenvalue weighted by Crippen LogP contribution is 2.45. The van der Waals surface area contributed by atoms with Gasteiger partial charge < -0.3 is 13.4 Å². The van der Waals surface area contributed by atoms with Gasteiger partial charge in [-0.25, -0.2) is 15.0 Å². The molecule has 0 amide bonds. The Hall–Kier alpha value is -7.05. The molecule has 0 unspecified atom stereocenters. The summed E-state index contributed by atoms with van der Waals surface area (Å²) in [6, 6.07) is 53.7. The van der Waals surface area contributed by atoms with E-state index in [1.54, 1.807) is 0 Å². The average molecular weight is 655 g/mol. The van der Waals surface area contributed by atoms with E-state index in [4.69, 9.17) is 23.8 Å². The van der Waals surface area contributed by atoms with Gasteiger partial charge in [-0.1, -0.05) is 109 Å². The standard InChI is InChI=1S/C45H26N4O2/c1-3-12-27(13-4-1)43-46-44(28-14-5-2-6-15-28)48-45(47-43)29-16-11-17-30(26-29)49-35-24-22-33-31-18-7-9-20-37(31)50-41(33)39(35)40-36(49)25-23-34-32-19-8-10-21-38(32)51-42(34)40/h1-26H. The van der Waals surface area contributed by atoms with Crippen molar-refractivity contribution < 1.29 is 8.83 Å². The van der Waals surface area contributed by atoms with Crippen molar-refractivity contribution in [3.63, 3.8) is 0 Å². The Balaban J connectivity index is 1.20. The molecular weight excluding hydrogens is 629 g/mol. The number of hydrogen-bond acceptors (Lipinski definition) is 5. The Morgan fingerprint density at radius 2 is 0.824 bits per heavy atom. The van der Waals surface area contributed by atoms with Crippen LogP contribution in [0.3, 0.4) is 0 Å². The first kappa shape index (κ1) is 27.9. The summed E-state index contributed by atoms with van der Waals surface area (Å²) in [7, 11) is 0. The van der Waals surface area contributed by atoms with Gasteiger partial charge in [0.15, 0.2) is 17.5 Å². The number of nitrogens with zero attached hydrogens (tertiary/aromatic N) is 4. The molecule has 0 fully saturated rings. The van der Waals surface area contributed by atoms with Crippen molar-refractivity contribution in [2.45, 2.75) is 0 Å². The molecule has 0 saturated heterocycles. The van der Waals surface area contributed by atoms with Crippen LogP contribution < -0.4 is 0 Å². The molecule has 0 radical (unpaired) electrons. The van der Waals surface area contributed by atoms with Crippen molar-refractivity contribution in [1.82, 2.24) is 19.5 Å². The lowest BCUT2D eigenvalue weighted by Crippen LogP contribution is -2.01. The molecule has 0 aliphatic carbocycles.